The number of urea groups is 1. The minimum atomic E-state index is -0.154. The molecule has 8 heteroatoms. The van der Waals surface area contributed by atoms with Gasteiger partial charge < -0.3 is 24.4 Å². The lowest BCUT2D eigenvalue weighted by Gasteiger charge is -2.31. The van der Waals surface area contributed by atoms with Crippen LogP contribution in [0.1, 0.15) is 18.5 Å². The number of nitrogens with one attached hydrogen (secondary N) is 1. The van der Waals surface area contributed by atoms with Crippen molar-refractivity contribution in [1.82, 2.24) is 15.1 Å². The first-order chi connectivity index (χ1) is 13.1. The van der Waals surface area contributed by atoms with E-state index in [0.29, 0.717) is 36.2 Å². The van der Waals surface area contributed by atoms with Crippen LogP contribution in [0.4, 0.5) is 10.5 Å². The number of benzene rings is 1. The number of nitrogens with zero attached hydrogens (tertiary/aromatic N) is 3. The molecule has 3 rings (SSSR count). The van der Waals surface area contributed by atoms with Gasteiger partial charge in [0.2, 0.25) is 5.88 Å². The van der Waals surface area contributed by atoms with Gasteiger partial charge in [-0.15, -0.1) is 5.10 Å². The molecule has 1 aliphatic rings. The van der Waals surface area contributed by atoms with Gasteiger partial charge in [-0.25, -0.2) is 4.79 Å². The summed E-state index contributed by atoms with van der Waals surface area (Å²) in [5, 5.41) is 10.9. The van der Waals surface area contributed by atoms with Gasteiger partial charge in [0.1, 0.15) is 17.6 Å². The van der Waals surface area contributed by atoms with Crippen LogP contribution in [0.5, 0.6) is 17.4 Å². The predicted octanol–water partition coefficient (Wildman–Crippen LogP) is 2.88. The fourth-order valence-electron chi connectivity index (χ4n) is 2.88. The molecule has 1 aromatic carbocycles. The highest BCUT2D eigenvalue weighted by atomic mass is 16.5. The maximum atomic E-state index is 12.5. The van der Waals surface area contributed by atoms with Crippen LogP contribution >= 0.6 is 0 Å². The number of anilines is 1. The topological polar surface area (TPSA) is 85.8 Å². The number of hydrogen-bond donors (Lipinski definition) is 1. The Bertz CT molecular complexity index is 752. The number of aryl methyl sites for hydroxylation is 1. The Morgan fingerprint density at radius 1 is 1.07 bits per heavy atom. The Labute approximate surface area is 158 Å². The molecule has 0 unspecified atom stereocenters. The van der Waals surface area contributed by atoms with Gasteiger partial charge in [-0.2, -0.15) is 5.10 Å². The molecule has 0 atom stereocenters. The second kappa shape index (κ2) is 8.57. The quantitative estimate of drug-likeness (QED) is 0.869. The molecule has 144 valence electrons. The summed E-state index contributed by atoms with van der Waals surface area (Å²) in [6.07, 6.45) is 1.51. The van der Waals surface area contributed by atoms with Crippen molar-refractivity contribution in [3.8, 4) is 17.4 Å². The predicted molar refractivity (Wildman–Crippen MR) is 101 cm³/mol. The fraction of sp³-hybridized carbons (Fsp3) is 0.421. The van der Waals surface area contributed by atoms with Crippen molar-refractivity contribution in [2.75, 3.05) is 32.6 Å². The van der Waals surface area contributed by atoms with Gasteiger partial charge in [-0.05, 0) is 13.0 Å². The fourth-order valence-corrected chi connectivity index (χ4v) is 2.88. The molecular weight excluding hydrogens is 348 g/mol. The van der Waals surface area contributed by atoms with Crippen molar-refractivity contribution in [1.29, 1.82) is 0 Å². The zero-order valence-corrected chi connectivity index (χ0v) is 15.8. The molecule has 0 aliphatic carbocycles. The standard InChI is InChI=1S/C19H24N4O4/c1-13-4-5-18(22-21-13)27-15-6-8-23(9-7-15)19(24)20-14-10-16(25-2)12-17(11-14)26-3/h4-5,10-12,15H,6-9H2,1-3H3,(H,20,24). The van der Waals surface area contributed by atoms with E-state index in [1.165, 1.54) is 0 Å². The van der Waals surface area contributed by atoms with Crippen molar-refractivity contribution in [2.45, 2.75) is 25.9 Å². The molecule has 0 spiro atoms. The minimum absolute atomic E-state index is 0.0305. The number of likely N-dealkylation sites (tertiary alicyclic amines) is 1. The van der Waals surface area contributed by atoms with Gasteiger partial charge in [0.15, 0.2) is 0 Å². The first-order valence-electron chi connectivity index (χ1n) is 8.83. The van der Waals surface area contributed by atoms with Crippen LogP contribution < -0.4 is 19.5 Å². The van der Waals surface area contributed by atoms with E-state index in [1.807, 2.05) is 19.1 Å². The lowest BCUT2D eigenvalue weighted by atomic mass is 10.1. The average Bonchev–Trinajstić information content (AvgIpc) is 2.70. The normalized spacial score (nSPS) is 14.6. The third-order valence-electron chi connectivity index (χ3n) is 4.39. The highest BCUT2D eigenvalue weighted by molar-refractivity contribution is 5.89. The van der Waals surface area contributed by atoms with E-state index in [9.17, 15) is 4.79 Å². The number of piperidine rings is 1. The third kappa shape index (κ3) is 4.99. The van der Waals surface area contributed by atoms with Gasteiger partial charge in [0.25, 0.3) is 0 Å². The summed E-state index contributed by atoms with van der Waals surface area (Å²) in [4.78, 5) is 14.3. The molecule has 27 heavy (non-hydrogen) atoms. The monoisotopic (exact) mass is 372 g/mol. The van der Waals surface area contributed by atoms with Crippen molar-refractivity contribution in [3.63, 3.8) is 0 Å². The van der Waals surface area contributed by atoms with Crippen molar-refractivity contribution >= 4 is 11.7 Å². The summed E-state index contributed by atoms with van der Waals surface area (Å²) in [7, 11) is 3.15. The van der Waals surface area contributed by atoms with Crippen molar-refractivity contribution in [3.05, 3.63) is 36.0 Å². The van der Waals surface area contributed by atoms with Crippen LogP contribution in [0.25, 0.3) is 0 Å². The second-order valence-corrected chi connectivity index (χ2v) is 6.35. The number of amides is 2. The summed E-state index contributed by atoms with van der Waals surface area (Å²) in [5.41, 5.74) is 1.48. The number of methoxy groups -OCH3 is 2. The van der Waals surface area contributed by atoms with E-state index in [0.717, 1.165) is 18.5 Å². The number of aromatic nitrogens is 2. The molecule has 0 saturated carbocycles. The lowest BCUT2D eigenvalue weighted by Crippen LogP contribution is -2.43. The van der Waals surface area contributed by atoms with Crippen molar-refractivity contribution < 1.29 is 19.0 Å². The van der Waals surface area contributed by atoms with Crippen LogP contribution in [-0.2, 0) is 0 Å². The van der Waals surface area contributed by atoms with Crippen LogP contribution in [0.2, 0.25) is 0 Å². The number of carbonyl (C=O) groups is 1. The van der Waals surface area contributed by atoms with E-state index < -0.39 is 0 Å². The molecule has 1 fully saturated rings. The highest BCUT2D eigenvalue weighted by Gasteiger charge is 2.24. The number of ether oxygens (including phenoxy) is 3. The maximum Gasteiger partial charge on any atom is 0.321 e. The van der Waals surface area contributed by atoms with Crippen LogP contribution in [0.3, 0.4) is 0 Å². The molecule has 1 aliphatic heterocycles. The van der Waals surface area contributed by atoms with E-state index in [1.54, 1.807) is 37.3 Å². The molecule has 1 aromatic heterocycles. The van der Waals surface area contributed by atoms with E-state index in [4.69, 9.17) is 14.2 Å². The molecule has 2 amide bonds. The molecule has 2 aromatic rings. The molecule has 0 bridgehead atoms. The van der Waals surface area contributed by atoms with E-state index in [2.05, 4.69) is 15.5 Å². The van der Waals surface area contributed by atoms with Gasteiger partial charge in [-0.3, -0.25) is 0 Å². The number of carbonyl (C=O) groups excluding carboxylic acids is 1. The van der Waals surface area contributed by atoms with Gasteiger partial charge in [0.05, 0.1) is 19.9 Å². The van der Waals surface area contributed by atoms with Gasteiger partial charge in [0, 0.05) is 55.9 Å². The zero-order valence-electron chi connectivity index (χ0n) is 15.8. The number of rotatable bonds is 5. The molecule has 0 radical (unpaired) electrons. The Hall–Kier alpha value is -3.03. The van der Waals surface area contributed by atoms with Crippen LogP contribution in [0.15, 0.2) is 30.3 Å². The summed E-state index contributed by atoms with van der Waals surface area (Å²) in [6, 6.07) is 8.80. The Kier molecular flexibility index (Phi) is 5.95. The van der Waals surface area contributed by atoms with Gasteiger partial charge >= 0.3 is 6.03 Å². The smallest absolute Gasteiger partial charge is 0.321 e. The molecule has 8 nitrogen and oxygen atoms in total. The Morgan fingerprint density at radius 3 is 2.30 bits per heavy atom. The van der Waals surface area contributed by atoms with Crippen molar-refractivity contribution in [2.24, 2.45) is 0 Å². The third-order valence-corrected chi connectivity index (χ3v) is 4.39. The summed E-state index contributed by atoms with van der Waals surface area (Å²) < 4.78 is 16.3. The average molecular weight is 372 g/mol. The first-order valence-corrected chi connectivity index (χ1v) is 8.83. The zero-order chi connectivity index (χ0) is 19.2. The molecule has 1 N–H and O–H groups in total. The van der Waals surface area contributed by atoms with Crippen LogP contribution in [-0.4, -0.2) is 54.5 Å². The largest absolute Gasteiger partial charge is 0.497 e. The maximum absolute atomic E-state index is 12.5. The summed E-state index contributed by atoms with van der Waals surface area (Å²) in [6.45, 7) is 3.10. The number of hydrogen-bond acceptors (Lipinski definition) is 6. The van der Waals surface area contributed by atoms with E-state index in [-0.39, 0.29) is 12.1 Å². The minimum Gasteiger partial charge on any atom is -0.497 e. The lowest BCUT2D eigenvalue weighted by molar-refractivity contribution is 0.110. The first kappa shape index (κ1) is 18.8. The SMILES string of the molecule is COc1cc(NC(=O)N2CCC(Oc3ccc(C)nn3)CC2)cc(OC)c1. The highest BCUT2D eigenvalue weighted by Crippen LogP contribution is 2.26. The summed E-state index contributed by atoms with van der Waals surface area (Å²) in [5.74, 6) is 1.76. The van der Waals surface area contributed by atoms with Gasteiger partial charge in [-0.1, -0.05) is 0 Å². The Balaban J connectivity index is 1.53. The van der Waals surface area contributed by atoms with E-state index >= 15 is 0 Å². The second-order valence-electron chi connectivity index (χ2n) is 6.35. The molecule has 2 heterocycles. The van der Waals surface area contributed by atoms with Crippen LogP contribution in [0, 0.1) is 6.92 Å². The Morgan fingerprint density at radius 2 is 1.74 bits per heavy atom. The molecular formula is C19H24N4O4. The summed E-state index contributed by atoms with van der Waals surface area (Å²) >= 11 is 0. The molecule has 1 saturated heterocycles.